The first-order valence-electron chi connectivity index (χ1n) is 9.62. The van der Waals surface area contributed by atoms with Gasteiger partial charge in [-0.3, -0.25) is 9.59 Å². The first kappa shape index (κ1) is 22.3. The molecule has 0 radical (unpaired) electrons. The highest BCUT2D eigenvalue weighted by molar-refractivity contribution is 7.89. The van der Waals surface area contributed by atoms with Gasteiger partial charge in [-0.1, -0.05) is 23.7 Å². The molecule has 1 aliphatic rings. The molecule has 9 heteroatoms. The summed E-state index contributed by atoms with van der Waals surface area (Å²) in [5, 5.41) is 5.85. The summed E-state index contributed by atoms with van der Waals surface area (Å²) in [4.78, 5) is 25.3. The van der Waals surface area contributed by atoms with Crippen LogP contribution in [0.1, 0.15) is 28.8 Å². The van der Waals surface area contributed by atoms with Gasteiger partial charge in [-0.2, -0.15) is 4.31 Å². The lowest BCUT2D eigenvalue weighted by molar-refractivity contribution is -0.120. The topological polar surface area (TPSA) is 95.6 Å². The third kappa shape index (κ3) is 4.66. The van der Waals surface area contributed by atoms with E-state index >= 15 is 0 Å². The van der Waals surface area contributed by atoms with Crippen molar-refractivity contribution in [3.8, 4) is 0 Å². The second kappa shape index (κ2) is 9.16. The summed E-state index contributed by atoms with van der Waals surface area (Å²) in [7, 11) is -2.19. The molecule has 2 N–H and O–H groups in total. The Morgan fingerprint density at radius 3 is 2.50 bits per heavy atom. The standard InChI is InChI=1S/C21H24ClN3O4S/c1-14-5-3-7-18(19(14)21(27)23-2)24-20(26)15-6-4-12-25(13-15)30(28,29)17-10-8-16(22)9-11-17/h3,5,7-11,15H,4,6,12-13H2,1-2H3,(H,23,27)(H,24,26). The molecule has 0 aliphatic carbocycles. The number of halogens is 1. The van der Waals surface area contributed by atoms with Crippen molar-refractivity contribution in [1.82, 2.24) is 9.62 Å². The lowest BCUT2D eigenvalue weighted by atomic mass is 9.98. The van der Waals surface area contributed by atoms with Gasteiger partial charge < -0.3 is 10.6 Å². The predicted molar refractivity (Wildman–Crippen MR) is 116 cm³/mol. The van der Waals surface area contributed by atoms with Gasteiger partial charge in [0.05, 0.1) is 22.1 Å². The van der Waals surface area contributed by atoms with E-state index in [1.807, 2.05) is 0 Å². The van der Waals surface area contributed by atoms with Crippen molar-refractivity contribution in [1.29, 1.82) is 0 Å². The minimum absolute atomic E-state index is 0.0813. The Balaban J connectivity index is 1.78. The Bertz CT molecular complexity index is 1050. The van der Waals surface area contributed by atoms with Crippen LogP contribution < -0.4 is 10.6 Å². The number of rotatable bonds is 5. The zero-order valence-electron chi connectivity index (χ0n) is 16.8. The number of hydrogen-bond donors (Lipinski definition) is 2. The molecule has 3 rings (SSSR count). The summed E-state index contributed by atoms with van der Waals surface area (Å²) in [6, 6.07) is 11.2. The maximum absolute atomic E-state index is 13.0. The van der Waals surface area contributed by atoms with E-state index in [1.54, 1.807) is 25.1 Å². The number of carbonyl (C=O) groups is 2. The molecule has 2 aromatic carbocycles. The minimum Gasteiger partial charge on any atom is -0.355 e. The van der Waals surface area contributed by atoms with Crippen molar-refractivity contribution in [3.05, 3.63) is 58.6 Å². The van der Waals surface area contributed by atoms with E-state index in [0.29, 0.717) is 35.7 Å². The second-order valence-electron chi connectivity index (χ2n) is 7.22. The third-order valence-electron chi connectivity index (χ3n) is 5.19. The molecule has 1 aliphatic heterocycles. The molecule has 30 heavy (non-hydrogen) atoms. The molecule has 1 saturated heterocycles. The molecule has 0 bridgehead atoms. The van der Waals surface area contributed by atoms with Gasteiger partial charge in [0.2, 0.25) is 15.9 Å². The van der Waals surface area contributed by atoms with E-state index in [0.717, 1.165) is 5.56 Å². The molecular weight excluding hydrogens is 426 g/mol. The molecule has 2 aromatic rings. The van der Waals surface area contributed by atoms with E-state index in [2.05, 4.69) is 10.6 Å². The summed E-state index contributed by atoms with van der Waals surface area (Å²) in [5.41, 5.74) is 1.55. The first-order chi connectivity index (χ1) is 14.2. The van der Waals surface area contributed by atoms with Crippen molar-refractivity contribution in [3.63, 3.8) is 0 Å². The summed E-state index contributed by atoms with van der Waals surface area (Å²) < 4.78 is 27.2. The van der Waals surface area contributed by atoms with Crippen LogP contribution in [0.25, 0.3) is 0 Å². The average Bonchev–Trinajstić information content (AvgIpc) is 2.74. The summed E-state index contributed by atoms with van der Waals surface area (Å²) in [5.74, 6) is -1.11. The fraction of sp³-hybridized carbons (Fsp3) is 0.333. The van der Waals surface area contributed by atoms with Crippen LogP contribution in [0.5, 0.6) is 0 Å². The largest absolute Gasteiger partial charge is 0.355 e. The number of sulfonamides is 1. The number of hydrogen-bond acceptors (Lipinski definition) is 4. The molecule has 1 unspecified atom stereocenters. The number of piperidine rings is 1. The molecule has 2 amide bonds. The maximum atomic E-state index is 13.0. The van der Waals surface area contributed by atoms with E-state index < -0.39 is 15.9 Å². The molecule has 0 saturated carbocycles. The van der Waals surface area contributed by atoms with Crippen LogP contribution in [0.3, 0.4) is 0 Å². The SMILES string of the molecule is CNC(=O)c1c(C)cccc1NC(=O)C1CCCN(S(=O)(=O)c2ccc(Cl)cc2)C1. The van der Waals surface area contributed by atoms with Gasteiger partial charge in [-0.25, -0.2) is 8.42 Å². The van der Waals surface area contributed by atoms with Crippen LogP contribution in [-0.2, 0) is 14.8 Å². The molecule has 160 valence electrons. The Morgan fingerprint density at radius 1 is 1.13 bits per heavy atom. The van der Waals surface area contributed by atoms with Crippen LogP contribution >= 0.6 is 11.6 Å². The zero-order valence-corrected chi connectivity index (χ0v) is 18.4. The lowest BCUT2D eigenvalue weighted by Gasteiger charge is -2.31. The van der Waals surface area contributed by atoms with E-state index in [1.165, 1.54) is 35.6 Å². The van der Waals surface area contributed by atoms with E-state index in [-0.39, 0.29) is 23.3 Å². The molecule has 0 spiro atoms. The van der Waals surface area contributed by atoms with Crippen LogP contribution in [-0.4, -0.2) is 44.7 Å². The fourth-order valence-corrected chi connectivity index (χ4v) is 5.21. The number of nitrogens with zero attached hydrogens (tertiary/aromatic N) is 1. The van der Waals surface area contributed by atoms with Crippen LogP contribution in [0.2, 0.25) is 5.02 Å². The summed E-state index contributed by atoms with van der Waals surface area (Å²) >= 11 is 5.86. The van der Waals surface area contributed by atoms with Gasteiger partial charge in [0.15, 0.2) is 0 Å². The highest BCUT2D eigenvalue weighted by Crippen LogP contribution is 2.27. The smallest absolute Gasteiger partial charge is 0.253 e. The van der Waals surface area contributed by atoms with Gasteiger partial charge in [-0.05, 0) is 55.7 Å². The quantitative estimate of drug-likeness (QED) is 0.733. The molecule has 1 atom stereocenters. The normalized spacial score (nSPS) is 17.4. The third-order valence-corrected chi connectivity index (χ3v) is 7.32. The Labute approximate surface area is 181 Å². The molecule has 7 nitrogen and oxygen atoms in total. The predicted octanol–water partition coefficient (Wildman–Crippen LogP) is 3.05. The Kier molecular flexibility index (Phi) is 6.80. The molecular formula is C21H24ClN3O4S. The van der Waals surface area contributed by atoms with E-state index in [4.69, 9.17) is 11.6 Å². The fourth-order valence-electron chi connectivity index (χ4n) is 3.56. The van der Waals surface area contributed by atoms with Crippen molar-refractivity contribution >= 4 is 39.1 Å². The van der Waals surface area contributed by atoms with Gasteiger partial charge in [0, 0.05) is 25.2 Å². The van der Waals surface area contributed by atoms with Crippen molar-refractivity contribution < 1.29 is 18.0 Å². The number of amides is 2. The Morgan fingerprint density at radius 2 is 1.83 bits per heavy atom. The van der Waals surface area contributed by atoms with Gasteiger partial charge in [0.25, 0.3) is 5.91 Å². The monoisotopic (exact) mass is 449 g/mol. The number of carbonyl (C=O) groups excluding carboxylic acids is 2. The first-order valence-corrected chi connectivity index (χ1v) is 11.4. The highest BCUT2D eigenvalue weighted by Gasteiger charge is 2.33. The molecule has 0 aromatic heterocycles. The van der Waals surface area contributed by atoms with Gasteiger partial charge in [-0.15, -0.1) is 0 Å². The maximum Gasteiger partial charge on any atom is 0.253 e. The van der Waals surface area contributed by atoms with Crippen molar-refractivity contribution in [2.45, 2.75) is 24.7 Å². The average molecular weight is 450 g/mol. The zero-order chi connectivity index (χ0) is 21.9. The summed E-state index contributed by atoms with van der Waals surface area (Å²) in [6.45, 7) is 2.22. The second-order valence-corrected chi connectivity index (χ2v) is 9.60. The number of nitrogens with one attached hydrogen (secondary N) is 2. The molecule has 1 heterocycles. The van der Waals surface area contributed by atoms with Crippen LogP contribution in [0.4, 0.5) is 5.69 Å². The van der Waals surface area contributed by atoms with Crippen LogP contribution in [0, 0.1) is 12.8 Å². The lowest BCUT2D eigenvalue weighted by Crippen LogP contribution is -2.43. The van der Waals surface area contributed by atoms with Crippen molar-refractivity contribution in [2.24, 2.45) is 5.92 Å². The van der Waals surface area contributed by atoms with Gasteiger partial charge >= 0.3 is 0 Å². The summed E-state index contributed by atoms with van der Waals surface area (Å²) in [6.07, 6.45) is 1.14. The Hall–Kier alpha value is -2.42. The van der Waals surface area contributed by atoms with Gasteiger partial charge in [0.1, 0.15) is 0 Å². The number of benzene rings is 2. The van der Waals surface area contributed by atoms with Crippen LogP contribution in [0.15, 0.2) is 47.4 Å². The van der Waals surface area contributed by atoms with Crippen molar-refractivity contribution in [2.75, 3.05) is 25.5 Å². The highest BCUT2D eigenvalue weighted by atomic mass is 35.5. The number of anilines is 1. The molecule has 1 fully saturated rings. The van der Waals surface area contributed by atoms with E-state index in [9.17, 15) is 18.0 Å². The minimum atomic E-state index is -3.72. The number of aryl methyl sites for hydroxylation is 1.